The molecule has 0 radical (unpaired) electrons. The minimum Gasteiger partial charge on any atom is -0.506 e. The highest BCUT2D eigenvalue weighted by molar-refractivity contribution is 6.03. The van der Waals surface area contributed by atoms with Crippen LogP contribution >= 0.6 is 0 Å². The molecule has 1 fully saturated rings. The highest BCUT2D eigenvalue weighted by atomic mass is 16.5. The molecule has 7 nitrogen and oxygen atoms in total. The summed E-state index contributed by atoms with van der Waals surface area (Å²) in [5, 5.41) is 26.1. The average molecular weight is 404 g/mol. The molecule has 1 aromatic heterocycles. The van der Waals surface area contributed by atoms with Crippen LogP contribution in [0.4, 0.5) is 5.69 Å². The molecule has 1 aromatic carbocycles. The van der Waals surface area contributed by atoms with E-state index in [0.29, 0.717) is 12.5 Å². The minimum absolute atomic E-state index is 0.0377. The van der Waals surface area contributed by atoms with Crippen molar-refractivity contribution in [2.24, 2.45) is 11.0 Å². The maximum absolute atomic E-state index is 11.9. The summed E-state index contributed by atoms with van der Waals surface area (Å²) < 4.78 is 5.00. The van der Waals surface area contributed by atoms with Gasteiger partial charge >= 0.3 is 5.97 Å². The monoisotopic (exact) mass is 404 g/mol. The number of nitriles is 1. The smallest absolute Gasteiger partial charge is 0.356 e. The molecule has 2 aromatic rings. The van der Waals surface area contributed by atoms with Crippen molar-refractivity contribution in [1.29, 1.82) is 5.26 Å². The number of carbonyl (C=O) groups is 1. The molecule has 1 aliphatic heterocycles. The van der Waals surface area contributed by atoms with Gasteiger partial charge in [0.1, 0.15) is 17.5 Å². The SMILES string of the molecule is CCOC(=O)c1ccc(C2=NN(c3ccc(C#N)c(O)c3)C(C3CCCC3)C2)cn1. The van der Waals surface area contributed by atoms with E-state index in [0.717, 1.165) is 36.2 Å². The lowest BCUT2D eigenvalue weighted by Crippen LogP contribution is -2.32. The first-order valence-electron chi connectivity index (χ1n) is 10.3. The molecule has 0 bridgehead atoms. The second-order valence-electron chi connectivity index (χ2n) is 7.67. The Kier molecular flexibility index (Phi) is 5.66. The van der Waals surface area contributed by atoms with E-state index in [9.17, 15) is 9.90 Å². The van der Waals surface area contributed by atoms with Gasteiger partial charge in [0.25, 0.3) is 0 Å². The van der Waals surface area contributed by atoms with Crippen molar-refractivity contribution in [3.8, 4) is 11.8 Å². The van der Waals surface area contributed by atoms with Crippen LogP contribution in [0.25, 0.3) is 0 Å². The number of hydrogen-bond donors (Lipinski definition) is 1. The quantitative estimate of drug-likeness (QED) is 0.756. The number of esters is 1. The lowest BCUT2D eigenvalue weighted by molar-refractivity contribution is 0.0519. The standard InChI is InChI=1S/C23H24N4O3/c1-2-30-23(29)19-10-8-17(14-25-19)20-12-21(15-5-3-4-6-15)27(26-20)18-9-7-16(13-24)22(28)11-18/h7-11,14-15,21,28H,2-6,12H2,1H3. The topological polar surface area (TPSA) is 98.8 Å². The van der Waals surface area contributed by atoms with Crippen molar-refractivity contribution in [2.45, 2.75) is 45.1 Å². The molecule has 1 unspecified atom stereocenters. The summed E-state index contributed by atoms with van der Waals surface area (Å²) in [5.41, 5.74) is 3.07. The van der Waals surface area contributed by atoms with Gasteiger partial charge < -0.3 is 9.84 Å². The Hall–Kier alpha value is -3.40. The molecular weight excluding hydrogens is 380 g/mol. The predicted molar refractivity (Wildman–Crippen MR) is 112 cm³/mol. The normalized spacial score (nSPS) is 18.9. The zero-order valence-electron chi connectivity index (χ0n) is 16.9. The molecular formula is C23H24N4O3. The van der Waals surface area contributed by atoms with Crippen LogP contribution in [-0.4, -0.2) is 34.4 Å². The van der Waals surface area contributed by atoms with Gasteiger partial charge in [-0.3, -0.25) is 5.01 Å². The summed E-state index contributed by atoms with van der Waals surface area (Å²) in [7, 11) is 0. The van der Waals surface area contributed by atoms with E-state index in [2.05, 4.69) is 4.98 Å². The number of benzene rings is 1. The van der Waals surface area contributed by atoms with Gasteiger partial charge in [-0.15, -0.1) is 0 Å². The average Bonchev–Trinajstić information content (AvgIpc) is 3.44. The summed E-state index contributed by atoms with van der Waals surface area (Å²) in [4.78, 5) is 16.1. The number of phenolic OH excluding ortho intramolecular Hbond substituents is 1. The first kappa shape index (κ1) is 19.9. The summed E-state index contributed by atoms with van der Waals surface area (Å²) >= 11 is 0. The zero-order valence-corrected chi connectivity index (χ0v) is 16.9. The Labute approximate surface area is 175 Å². The van der Waals surface area contributed by atoms with Crippen LogP contribution in [-0.2, 0) is 4.74 Å². The highest BCUT2D eigenvalue weighted by Gasteiger charge is 2.36. The van der Waals surface area contributed by atoms with Crippen molar-refractivity contribution in [1.82, 2.24) is 4.98 Å². The van der Waals surface area contributed by atoms with Crippen LogP contribution < -0.4 is 5.01 Å². The van der Waals surface area contributed by atoms with Crippen molar-refractivity contribution in [2.75, 3.05) is 11.6 Å². The van der Waals surface area contributed by atoms with Crippen molar-refractivity contribution < 1.29 is 14.6 Å². The van der Waals surface area contributed by atoms with Crippen molar-refractivity contribution in [3.05, 3.63) is 53.3 Å². The first-order valence-corrected chi connectivity index (χ1v) is 10.3. The third-order valence-electron chi connectivity index (χ3n) is 5.84. The van der Waals surface area contributed by atoms with E-state index in [1.165, 1.54) is 12.8 Å². The summed E-state index contributed by atoms with van der Waals surface area (Å²) in [5.74, 6) is 0.0519. The van der Waals surface area contributed by atoms with Crippen molar-refractivity contribution >= 4 is 17.4 Å². The number of aromatic hydroxyl groups is 1. The van der Waals surface area contributed by atoms with Crippen LogP contribution in [0.15, 0.2) is 41.6 Å². The Morgan fingerprint density at radius 3 is 2.73 bits per heavy atom. The molecule has 0 spiro atoms. The Balaban J connectivity index is 1.64. The maximum atomic E-state index is 11.9. The first-order chi connectivity index (χ1) is 14.6. The minimum atomic E-state index is -0.434. The second kappa shape index (κ2) is 8.54. The molecule has 0 amide bonds. The maximum Gasteiger partial charge on any atom is 0.356 e. The van der Waals surface area contributed by atoms with E-state index >= 15 is 0 Å². The number of hydrazone groups is 1. The number of aromatic nitrogens is 1. The van der Waals surface area contributed by atoms with E-state index in [1.807, 2.05) is 23.2 Å². The fraction of sp³-hybridized carbons (Fsp3) is 0.391. The molecule has 1 saturated carbocycles. The number of anilines is 1. The van der Waals surface area contributed by atoms with Gasteiger partial charge in [0.15, 0.2) is 0 Å². The second-order valence-corrected chi connectivity index (χ2v) is 7.67. The molecule has 2 heterocycles. The molecule has 7 heteroatoms. The number of ether oxygens (including phenoxy) is 1. The van der Waals surface area contributed by atoms with Gasteiger partial charge in [-0.25, -0.2) is 9.78 Å². The predicted octanol–water partition coefficient (Wildman–Crippen LogP) is 4.01. The summed E-state index contributed by atoms with van der Waals surface area (Å²) in [6.07, 6.45) is 7.19. The molecule has 1 atom stereocenters. The molecule has 0 saturated heterocycles. The third-order valence-corrected chi connectivity index (χ3v) is 5.84. The summed E-state index contributed by atoms with van der Waals surface area (Å²) in [6, 6.07) is 10.8. The van der Waals surface area contributed by atoms with Crippen molar-refractivity contribution in [3.63, 3.8) is 0 Å². The number of hydrogen-bond acceptors (Lipinski definition) is 7. The van der Waals surface area contributed by atoms with Gasteiger partial charge in [-0.1, -0.05) is 12.8 Å². The van der Waals surface area contributed by atoms with Crippen LogP contribution in [0.1, 0.15) is 60.6 Å². The van der Waals surface area contributed by atoms with Gasteiger partial charge in [0.05, 0.1) is 29.6 Å². The molecule has 30 heavy (non-hydrogen) atoms. The Morgan fingerprint density at radius 1 is 1.30 bits per heavy atom. The van der Waals surface area contributed by atoms with Gasteiger partial charge in [-0.05, 0) is 49.9 Å². The molecule has 2 aliphatic rings. The van der Waals surface area contributed by atoms with E-state index < -0.39 is 5.97 Å². The molecule has 4 rings (SSSR count). The highest BCUT2D eigenvalue weighted by Crippen LogP contribution is 2.39. The van der Waals surface area contributed by atoms with Gasteiger partial charge in [0.2, 0.25) is 0 Å². The van der Waals surface area contributed by atoms with E-state index in [1.54, 1.807) is 31.3 Å². The fourth-order valence-corrected chi connectivity index (χ4v) is 4.31. The Bertz CT molecular complexity index is 1000. The summed E-state index contributed by atoms with van der Waals surface area (Å²) in [6.45, 7) is 2.07. The largest absolute Gasteiger partial charge is 0.506 e. The van der Waals surface area contributed by atoms with Crippen LogP contribution in [0, 0.1) is 17.2 Å². The Morgan fingerprint density at radius 2 is 2.10 bits per heavy atom. The molecule has 154 valence electrons. The third kappa shape index (κ3) is 3.86. The number of phenols is 1. The fourth-order valence-electron chi connectivity index (χ4n) is 4.31. The van der Waals surface area contributed by atoms with Crippen LogP contribution in [0.3, 0.4) is 0 Å². The van der Waals surface area contributed by atoms with Gasteiger partial charge in [-0.2, -0.15) is 10.4 Å². The van der Waals surface area contributed by atoms with E-state index in [4.69, 9.17) is 15.1 Å². The molecule has 1 aliphatic carbocycles. The number of rotatable bonds is 5. The van der Waals surface area contributed by atoms with Crippen LogP contribution in [0.5, 0.6) is 5.75 Å². The number of carbonyl (C=O) groups excluding carboxylic acids is 1. The lowest BCUT2D eigenvalue weighted by Gasteiger charge is -2.28. The van der Waals surface area contributed by atoms with Gasteiger partial charge in [0, 0.05) is 24.2 Å². The van der Waals surface area contributed by atoms with Crippen LogP contribution in [0.2, 0.25) is 0 Å². The number of nitrogens with zero attached hydrogens (tertiary/aromatic N) is 4. The lowest BCUT2D eigenvalue weighted by atomic mass is 9.92. The van der Waals surface area contributed by atoms with E-state index in [-0.39, 0.29) is 23.0 Å². The zero-order chi connectivity index (χ0) is 21.1. The molecule has 1 N–H and O–H groups in total. The number of pyridine rings is 1.